The zero-order valence-electron chi connectivity index (χ0n) is 13.2. The molecule has 0 amide bonds. The first-order valence-electron chi connectivity index (χ1n) is 7.63. The lowest BCUT2D eigenvalue weighted by Crippen LogP contribution is -1.99. The minimum absolute atomic E-state index is 0.767. The zero-order valence-corrected chi connectivity index (χ0v) is 13.2. The van der Waals surface area contributed by atoms with Crippen LogP contribution < -0.4 is 10.1 Å². The summed E-state index contributed by atoms with van der Waals surface area (Å²) in [6.45, 7) is 0. The van der Waals surface area contributed by atoms with E-state index < -0.39 is 0 Å². The van der Waals surface area contributed by atoms with Crippen LogP contribution in [-0.4, -0.2) is 21.9 Å². The molecule has 0 aliphatic carbocycles. The second-order valence-corrected chi connectivity index (χ2v) is 5.37. The normalized spacial score (nSPS) is 10.7. The first kappa shape index (κ1) is 14.3. The molecule has 2 heterocycles. The minimum atomic E-state index is 0.767. The number of pyridine rings is 1. The molecule has 118 valence electrons. The molecule has 0 atom stereocenters. The number of nitrogens with zero attached hydrogens (tertiary/aromatic N) is 3. The van der Waals surface area contributed by atoms with Crippen molar-refractivity contribution in [3.05, 3.63) is 73.2 Å². The summed E-state index contributed by atoms with van der Waals surface area (Å²) in [6.07, 6.45) is 5.46. The van der Waals surface area contributed by atoms with E-state index in [0.717, 1.165) is 33.7 Å². The number of methoxy groups -OCH3 is 1. The van der Waals surface area contributed by atoms with Gasteiger partial charge >= 0.3 is 0 Å². The van der Waals surface area contributed by atoms with Gasteiger partial charge in [0.15, 0.2) is 0 Å². The highest BCUT2D eigenvalue weighted by atomic mass is 16.5. The van der Waals surface area contributed by atoms with Crippen molar-refractivity contribution in [1.29, 1.82) is 0 Å². The highest BCUT2D eigenvalue weighted by Crippen LogP contribution is 2.29. The van der Waals surface area contributed by atoms with Crippen molar-refractivity contribution in [1.82, 2.24) is 14.8 Å². The Morgan fingerprint density at radius 2 is 1.92 bits per heavy atom. The molecule has 5 heteroatoms. The van der Waals surface area contributed by atoms with Gasteiger partial charge in [0.2, 0.25) is 0 Å². The SMILES string of the molecule is COc1cc(Nc2ccnc3ccccc23)cc(-n2cccn2)c1. The first-order chi connectivity index (χ1) is 11.8. The van der Waals surface area contributed by atoms with Crippen LogP contribution in [0.15, 0.2) is 73.2 Å². The van der Waals surface area contributed by atoms with Gasteiger partial charge in [-0.1, -0.05) is 18.2 Å². The molecule has 0 unspecified atom stereocenters. The first-order valence-corrected chi connectivity index (χ1v) is 7.63. The molecule has 0 fully saturated rings. The van der Waals surface area contributed by atoms with E-state index >= 15 is 0 Å². The van der Waals surface area contributed by atoms with Crippen molar-refractivity contribution in [2.45, 2.75) is 0 Å². The van der Waals surface area contributed by atoms with Gasteiger partial charge in [-0.15, -0.1) is 0 Å². The number of aromatic nitrogens is 3. The van der Waals surface area contributed by atoms with Crippen LogP contribution in [0, 0.1) is 0 Å². The quantitative estimate of drug-likeness (QED) is 0.614. The third kappa shape index (κ3) is 2.67. The van der Waals surface area contributed by atoms with Gasteiger partial charge in [-0.3, -0.25) is 4.98 Å². The van der Waals surface area contributed by atoms with E-state index in [9.17, 15) is 0 Å². The Bertz CT molecular complexity index is 975. The van der Waals surface area contributed by atoms with Crippen molar-refractivity contribution < 1.29 is 4.74 Å². The number of hydrogen-bond acceptors (Lipinski definition) is 4. The topological polar surface area (TPSA) is 52.0 Å². The average molecular weight is 316 g/mol. The average Bonchev–Trinajstić information content (AvgIpc) is 3.16. The lowest BCUT2D eigenvalue weighted by atomic mass is 10.1. The Balaban J connectivity index is 1.77. The molecule has 0 aliphatic rings. The van der Waals surface area contributed by atoms with Gasteiger partial charge in [-0.05, 0) is 24.3 Å². The molecule has 0 radical (unpaired) electrons. The van der Waals surface area contributed by atoms with Crippen molar-refractivity contribution in [2.75, 3.05) is 12.4 Å². The van der Waals surface area contributed by atoms with E-state index in [1.807, 2.05) is 54.7 Å². The number of hydrogen-bond donors (Lipinski definition) is 1. The number of fused-ring (bicyclic) bond motifs is 1. The molecular weight excluding hydrogens is 300 g/mol. The van der Waals surface area contributed by atoms with Crippen LogP contribution in [-0.2, 0) is 0 Å². The van der Waals surface area contributed by atoms with Gasteiger partial charge in [-0.25, -0.2) is 4.68 Å². The molecule has 1 N–H and O–H groups in total. The summed E-state index contributed by atoms with van der Waals surface area (Å²) in [4.78, 5) is 4.40. The summed E-state index contributed by atoms with van der Waals surface area (Å²) >= 11 is 0. The summed E-state index contributed by atoms with van der Waals surface area (Å²) in [6, 6.07) is 17.9. The summed E-state index contributed by atoms with van der Waals surface area (Å²) in [7, 11) is 1.66. The Morgan fingerprint density at radius 1 is 1.00 bits per heavy atom. The molecule has 0 saturated carbocycles. The van der Waals surface area contributed by atoms with Crippen molar-refractivity contribution >= 4 is 22.3 Å². The van der Waals surface area contributed by atoms with Crippen LogP contribution in [0.3, 0.4) is 0 Å². The van der Waals surface area contributed by atoms with E-state index in [1.54, 1.807) is 24.2 Å². The predicted molar refractivity (Wildman–Crippen MR) is 95.1 cm³/mol. The van der Waals surface area contributed by atoms with Crippen LogP contribution in [0.4, 0.5) is 11.4 Å². The van der Waals surface area contributed by atoms with Gasteiger partial charge in [0.25, 0.3) is 0 Å². The molecule has 5 nitrogen and oxygen atoms in total. The number of ether oxygens (including phenoxy) is 1. The van der Waals surface area contributed by atoms with Gasteiger partial charge in [0.05, 0.1) is 18.3 Å². The van der Waals surface area contributed by atoms with Crippen LogP contribution in [0.2, 0.25) is 0 Å². The van der Waals surface area contributed by atoms with E-state index in [2.05, 4.69) is 21.5 Å². The Hall–Kier alpha value is -3.34. The highest BCUT2D eigenvalue weighted by Gasteiger charge is 2.06. The highest BCUT2D eigenvalue weighted by molar-refractivity contribution is 5.92. The summed E-state index contributed by atoms with van der Waals surface area (Å²) in [5.41, 5.74) is 3.81. The predicted octanol–water partition coefficient (Wildman–Crippen LogP) is 4.17. The number of nitrogens with one attached hydrogen (secondary N) is 1. The fraction of sp³-hybridized carbons (Fsp3) is 0.0526. The molecule has 0 spiro atoms. The van der Waals surface area contributed by atoms with E-state index in [1.165, 1.54) is 0 Å². The Labute approximate surface area is 139 Å². The summed E-state index contributed by atoms with van der Waals surface area (Å²) < 4.78 is 7.23. The van der Waals surface area contributed by atoms with Gasteiger partial charge in [-0.2, -0.15) is 5.10 Å². The van der Waals surface area contributed by atoms with E-state index in [0.29, 0.717) is 0 Å². The van der Waals surface area contributed by atoms with Crippen LogP contribution in [0.5, 0.6) is 5.75 Å². The van der Waals surface area contributed by atoms with Crippen molar-refractivity contribution in [2.24, 2.45) is 0 Å². The third-order valence-electron chi connectivity index (χ3n) is 3.82. The lowest BCUT2D eigenvalue weighted by molar-refractivity contribution is 0.414. The molecule has 2 aromatic heterocycles. The van der Waals surface area contributed by atoms with E-state index in [4.69, 9.17) is 4.74 Å². The lowest BCUT2D eigenvalue weighted by Gasteiger charge is -2.13. The van der Waals surface area contributed by atoms with Crippen LogP contribution in [0.1, 0.15) is 0 Å². The maximum atomic E-state index is 5.43. The minimum Gasteiger partial charge on any atom is -0.497 e. The van der Waals surface area contributed by atoms with Crippen LogP contribution >= 0.6 is 0 Å². The Morgan fingerprint density at radius 3 is 2.75 bits per heavy atom. The van der Waals surface area contributed by atoms with Gasteiger partial charge < -0.3 is 10.1 Å². The number of anilines is 2. The largest absolute Gasteiger partial charge is 0.497 e. The summed E-state index contributed by atoms with van der Waals surface area (Å²) in [5.74, 6) is 0.767. The van der Waals surface area contributed by atoms with E-state index in [-0.39, 0.29) is 0 Å². The maximum absolute atomic E-state index is 5.43. The number of benzene rings is 2. The van der Waals surface area contributed by atoms with Gasteiger partial charge in [0, 0.05) is 47.5 Å². The third-order valence-corrected chi connectivity index (χ3v) is 3.82. The maximum Gasteiger partial charge on any atom is 0.123 e. The molecule has 24 heavy (non-hydrogen) atoms. The molecule has 2 aromatic carbocycles. The molecule has 0 saturated heterocycles. The Kier molecular flexibility index (Phi) is 3.59. The fourth-order valence-electron chi connectivity index (χ4n) is 2.69. The molecule has 0 aliphatic heterocycles. The van der Waals surface area contributed by atoms with Crippen molar-refractivity contribution in [3.8, 4) is 11.4 Å². The molecule has 4 aromatic rings. The van der Waals surface area contributed by atoms with Crippen molar-refractivity contribution in [3.63, 3.8) is 0 Å². The fourth-order valence-corrected chi connectivity index (χ4v) is 2.69. The molecule has 4 rings (SSSR count). The summed E-state index contributed by atoms with van der Waals surface area (Å²) in [5, 5.41) is 8.82. The standard InChI is InChI=1S/C19H16N4O/c1-24-16-12-14(11-15(13-16)23-10-4-8-21-23)22-19-7-9-20-18-6-3-2-5-17(18)19/h2-13H,1H3,(H,20,22). The number of para-hydroxylation sites is 1. The second kappa shape index (κ2) is 6.04. The van der Waals surface area contributed by atoms with Gasteiger partial charge in [0.1, 0.15) is 5.75 Å². The second-order valence-electron chi connectivity index (χ2n) is 5.37. The zero-order chi connectivity index (χ0) is 16.4. The monoisotopic (exact) mass is 316 g/mol. The number of rotatable bonds is 4. The molecular formula is C19H16N4O. The molecule has 0 bridgehead atoms. The smallest absolute Gasteiger partial charge is 0.123 e. The van der Waals surface area contributed by atoms with Crippen LogP contribution in [0.25, 0.3) is 16.6 Å².